The topological polar surface area (TPSA) is 131 Å². The lowest BCUT2D eigenvalue weighted by atomic mass is 10.1. The zero-order valence-corrected chi connectivity index (χ0v) is 17.3. The Morgan fingerprint density at radius 2 is 1.71 bits per heavy atom. The Morgan fingerprint density at radius 3 is 2.34 bits per heavy atom. The van der Waals surface area contributed by atoms with Crippen LogP contribution in [0, 0.1) is 5.82 Å². The van der Waals surface area contributed by atoms with Gasteiger partial charge in [-0.2, -0.15) is 18.2 Å². The van der Waals surface area contributed by atoms with Crippen LogP contribution in [0.4, 0.5) is 44.5 Å². The number of anilines is 3. The van der Waals surface area contributed by atoms with Gasteiger partial charge in [0.2, 0.25) is 0 Å². The molecule has 3 amide bonds. The van der Waals surface area contributed by atoms with Crippen molar-refractivity contribution in [1.29, 1.82) is 0 Å². The van der Waals surface area contributed by atoms with Gasteiger partial charge in [0.15, 0.2) is 5.58 Å². The summed E-state index contributed by atoms with van der Waals surface area (Å²) in [6.07, 6.45) is -6.10. The highest BCUT2D eigenvalue weighted by Gasteiger charge is 2.32. The lowest BCUT2D eigenvalue weighted by Gasteiger charge is -2.22. The number of nitrogens with two attached hydrogens (primary N) is 1. The molecule has 0 radical (unpaired) electrons. The summed E-state index contributed by atoms with van der Waals surface area (Å²) in [5.74, 6) is -0.529. The van der Waals surface area contributed by atoms with E-state index in [0.717, 1.165) is 0 Å². The molecule has 0 aliphatic carbocycles. The van der Waals surface area contributed by atoms with Crippen LogP contribution in [-0.4, -0.2) is 22.2 Å². The van der Waals surface area contributed by atoms with Gasteiger partial charge in [0.25, 0.3) is 0 Å². The fraction of sp³-hybridized carbons (Fsp3) is 0.0455. The molecule has 0 unspecified atom stereocenters. The second kappa shape index (κ2) is 8.85. The van der Waals surface area contributed by atoms with Crippen LogP contribution >= 0.6 is 0 Å². The molecule has 13 heteroatoms. The Bertz CT molecular complexity index is 1420. The first-order chi connectivity index (χ1) is 16.5. The van der Waals surface area contributed by atoms with Crippen LogP contribution in [0.2, 0.25) is 0 Å². The molecule has 1 heterocycles. The first-order valence-corrected chi connectivity index (χ1v) is 9.66. The molecule has 0 atom stereocenters. The van der Waals surface area contributed by atoms with E-state index in [1.807, 2.05) is 5.32 Å². The average Bonchev–Trinajstić information content (AvgIpc) is 3.16. The summed E-state index contributed by atoms with van der Waals surface area (Å²) < 4.78 is 64.5. The van der Waals surface area contributed by atoms with E-state index in [1.54, 1.807) is 0 Å². The summed E-state index contributed by atoms with van der Waals surface area (Å²) in [5.41, 5.74) is 4.12. The first-order valence-electron chi connectivity index (χ1n) is 9.66. The summed E-state index contributed by atoms with van der Waals surface area (Å²) in [7, 11) is 0. The number of urea groups is 1. The number of amides is 3. The van der Waals surface area contributed by atoms with Gasteiger partial charge in [0, 0.05) is 6.07 Å². The summed E-state index contributed by atoms with van der Waals surface area (Å²) >= 11 is 0. The number of hydrogen-bond donors (Lipinski definition) is 3. The van der Waals surface area contributed by atoms with Crippen molar-refractivity contribution in [3.05, 3.63) is 72.0 Å². The molecule has 1 aromatic heterocycles. The third-order valence-electron chi connectivity index (χ3n) is 4.64. The molecule has 0 fully saturated rings. The minimum atomic E-state index is -4.75. The van der Waals surface area contributed by atoms with Crippen molar-refractivity contribution in [3.8, 4) is 11.5 Å². The highest BCUT2D eigenvalue weighted by atomic mass is 19.4. The first kappa shape index (κ1) is 23.4. The highest BCUT2D eigenvalue weighted by molar-refractivity contribution is 5.98. The van der Waals surface area contributed by atoms with Gasteiger partial charge in [0.05, 0.1) is 16.9 Å². The quantitative estimate of drug-likeness (QED) is 0.291. The van der Waals surface area contributed by atoms with Crippen molar-refractivity contribution >= 4 is 40.6 Å². The number of nitrogens with zero attached hydrogens (tertiary/aromatic N) is 2. The molecule has 0 spiro atoms. The van der Waals surface area contributed by atoms with Crippen LogP contribution in [0.3, 0.4) is 0 Å². The number of halogens is 4. The van der Waals surface area contributed by atoms with E-state index in [-0.39, 0.29) is 23.0 Å². The van der Waals surface area contributed by atoms with E-state index in [1.165, 1.54) is 42.5 Å². The third-order valence-corrected chi connectivity index (χ3v) is 4.64. The van der Waals surface area contributed by atoms with Gasteiger partial charge in [-0.3, -0.25) is 4.90 Å². The van der Waals surface area contributed by atoms with E-state index >= 15 is 0 Å². The minimum Gasteiger partial charge on any atom is -0.465 e. The Balaban J connectivity index is 1.59. The van der Waals surface area contributed by atoms with E-state index in [0.29, 0.717) is 34.4 Å². The number of aromatic nitrogens is 1. The van der Waals surface area contributed by atoms with Crippen molar-refractivity contribution in [2.45, 2.75) is 6.18 Å². The Kier molecular flexibility index (Phi) is 5.91. The van der Waals surface area contributed by atoms with Crippen LogP contribution in [-0.2, 0) is 6.18 Å². The summed E-state index contributed by atoms with van der Waals surface area (Å²) in [6.45, 7) is 0. The maximum absolute atomic E-state index is 14.3. The molecule has 35 heavy (non-hydrogen) atoms. The van der Waals surface area contributed by atoms with Gasteiger partial charge in [-0.15, -0.1) is 0 Å². The molecule has 4 aromatic rings. The van der Waals surface area contributed by atoms with E-state index in [2.05, 4.69) is 4.98 Å². The number of carbonyl (C=O) groups excluding carboxylic acids is 1. The number of carboxylic acid groups (broad SMARTS) is 1. The standard InChI is InChI=1S/C22H14F4N4O5/c23-15-7-1-11(22(24,25)26)9-17(15)30(19(27)31)12-2-4-13(5-3-12)34-14-6-8-16-18(10-14)35-20(28-16)29-21(32)33/h1-10H,(H2,27,31)(H,28,29)(H,32,33). The Labute approximate surface area is 193 Å². The van der Waals surface area contributed by atoms with E-state index in [9.17, 15) is 27.2 Å². The largest absolute Gasteiger partial charge is 0.465 e. The predicted octanol–water partition coefficient (Wildman–Crippen LogP) is 6.08. The molecule has 0 bridgehead atoms. The summed E-state index contributed by atoms with van der Waals surface area (Å²) in [6, 6.07) is 10.1. The molecule has 3 aromatic carbocycles. The van der Waals surface area contributed by atoms with Crippen LogP contribution in [0.25, 0.3) is 11.1 Å². The molecule has 180 valence electrons. The van der Waals surface area contributed by atoms with Gasteiger partial charge in [0.1, 0.15) is 22.8 Å². The molecule has 0 aliphatic rings. The van der Waals surface area contributed by atoms with Gasteiger partial charge in [-0.25, -0.2) is 19.3 Å². The second-order valence-electron chi connectivity index (χ2n) is 7.01. The second-order valence-corrected chi connectivity index (χ2v) is 7.01. The number of ether oxygens (including phenoxy) is 1. The van der Waals surface area contributed by atoms with Gasteiger partial charge in [-0.1, -0.05) is 0 Å². The Morgan fingerprint density at radius 1 is 1.03 bits per heavy atom. The summed E-state index contributed by atoms with van der Waals surface area (Å²) in [4.78, 5) is 27.2. The van der Waals surface area contributed by atoms with Gasteiger partial charge < -0.3 is 20.0 Å². The number of hydrogen-bond acceptors (Lipinski definition) is 5. The maximum atomic E-state index is 14.3. The zero-order valence-electron chi connectivity index (χ0n) is 17.3. The summed E-state index contributed by atoms with van der Waals surface area (Å²) in [5, 5.41) is 10.7. The number of nitrogens with one attached hydrogen (secondary N) is 1. The fourth-order valence-electron chi connectivity index (χ4n) is 3.16. The van der Waals surface area contributed by atoms with Crippen LogP contribution in [0.5, 0.6) is 11.5 Å². The van der Waals surface area contributed by atoms with Gasteiger partial charge >= 0.3 is 24.3 Å². The molecule has 4 rings (SSSR count). The number of oxazole rings is 1. The highest BCUT2D eigenvalue weighted by Crippen LogP contribution is 2.36. The van der Waals surface area contributed by atoms with Crippen molar-refractivity contribution < 1.29 is 41.4 Å². The number of carbonyl (C=O) groups is 2. The fourth-order valence-corrected chi connectivity index (χ4v) is 3.16. The van der Waals surface area contributed by atoms with Crippen molar-refractivity contribution in [3.63, 3.8) is 0 Å². The van der Waals surface area contributed by atoms with Crippen molar-refractivity contribution in [2.24, 2.45) is 5.73 Å². The lowest BCUT2D eigenvalue weighted by Crippen LogP contribution is -2.32. The predicted molar refractivity (Wildman–Crippen MR) is 115 cm³/mol. The smallest absolute Gasteiger partial charge is 0.416 e. The monoisotopic (exact) mass is 490 g/mol. The SMILES string of the molecule is NC(=O)N(c1ccc(Oc2ccc3nc(NC(=O)O)oc3c2)cc1)c1cc(C(F)(F)F)ccc1F. The average molecular weight is 490 g/mol. The molecule has 0 saturated heterocycles. The van der Waals surface area contributed by atoms with Crippen molar-refractivity contribution in [2.75, 3.05) is 10.2 Å². The Hall–Kier alpha value is -4.81. The zero-order chi connectivity index (χ0) is 25.3. The normalized spacial score (nSPS) is 11.3. The molecular formula is C22H14F4N4O5. The molecule has 0 saturated carbocycles. The van der Waals surface area contributed by atoms with Crippen LogP contribution < -0.4 is 20.7 Å². The molecular weight excluding hydrogens is 476 g/mol. The number of rotatable bonds is 5. The van der Waals surface area contributed by atoms with Crippen LogP contribution in [0.15, 0.2) is 65.1 Å². The maximum Gasteiger partial charge on any atom is 0.416 e. The molecule has 9 nitrogen and oxygen atoms in total. The van der Waals surface area contributed by atoms with Crippen molar-refractivity contribution in [1.82, 2.24) is 4.98 Å². The minimum absolute atomic E-state index is 0.00171. The number of fused-ring (bicyclic) bond motifs is 1. The molecule has 4 N–H and O–H groups in total. The third kappa shape index (κ3) is 5.08. The number of alkyl halides is 3. The lowest BCUT2D eigenvalue weighted by molar-refractivity contribution is -0.137. The van der Waals surface area contributed by atoms with Gasteiger partial charge in [-0.05, 0) is 54.6 Å². The number of primary amides is 1. The van der Waals surface area contributed by atoms with E-state index in [4.69, 9.17) is 20.0 Å². The van der Waals surface area contributed by atoms with E-state index < -0.39 is 35.4 Å². The van der Waals surface area contributed by atoms with Crippen LogP contribution in [0.1, 0.15) is 5.56 Å². The number of benzene rings is 3. The molecule has 0 aliphatic heterocycles.